The molecule has 1 unspecified atom stereocenters. The molecule has 0 saturated heterocycles. The van der Waals surface area contributed by atoms with E-state index in [1.165, 1.54) is 18.7 Å². The summed E-state index contributed by atoms with van der Waals surface area (Å²) in [6.07, 6.45) is 4.68. The van der Waals surface area contributed by atoms with Crippen LogP contribution in [0.4, 0.5) is 24.8 Å². The number of halogens is 3. The van der Waals surface area contributed by atoms with Gasteiger partial charge < -0.3 is 10.1 Å². The van der Waals surface area contributed by atoms with Gasteiger partial charge in [-0.25, -0.2) is 15.0 Å². The number of nitrogens with one attached hydrogen (secondary N) is 1. The molecule has 0 fully saturated rings. The molecular weight excluding hydrogens is 357 g/mol. The summed E-state index contributed by atoms with van der Waals surface area (Å²) in [5.74, 6) is 1.40. The summed E-state index contributed by atoms with van der Waals surface area (Å²) in [5.41, 5.74) is 0. The van der Waals surface area contributed by atoms with Crippen LogP contribution in [0.1, 0.15) is 64.1 Å². The molecular formula is C19H25F3N4O. The normalized spacial score (nSPS) is 12.6. The van der Waals surface area contributed by atoms with Crippen molar-refractivity contribution < 1.29 is 17.9 Å². The van der Waals surface area contributed by atoms with Crippen molar-refractivity contribution in [2.75, 3.05) is 5.32 Å². The quantitative estimate of drug-likeness (QED) is 0.512. The van der Waals surface area contributed by atoms with Crippen LogP contribution in [0.5, 0.6) is 5.75 Å². The van der Waals surface area contributed by atoms with E-state index in [-0.39, 0.29) is 17.5 Å². The van der Waals surface area contributed by atoms with Crippen molar-refractivity contribution in [2.45, 2.75) is 64.7 Å². The van der Waals surface area contributed by atoms with Gasteiger partial charge in [-0.05, 0) is 25.0 Å². The van der Waals surface area contributed by atoms with Gasteiger partial charge in [0, 0.05) is 24.4 Å². The zero-order valence-electron chi connectivity index (χ0n) is 15.6. The van der Waals surface area contributed by atoms with E-state index in [9.17, 15) is 13.2 Å². The van der Waals surface area contributed by atoms with Gasteiger partial charge in [-0.15, -0.1) is 13.2 Å². The summed E-state index contributed by atoms with van der Waals surface area (Å²) < 4.78 is 41.0. The first-order chi connectivity index (χ1) is 12.9. The Morgan fingerprint density at radius 1 is 1.00 bits per heavy atom. The van der Waals surface area contributed by atoms with Gasteiger partial charge >= 0.3 is 6.36 Å². The monoisotopic (exact) mass is 382 g/mol. The van der Waals surface area contributed by atoms with Crippen LogP contribution >= 0.6 is 0 Å². The topological polar surface area (TPSA) is 59.9 Å². The van der Waals surface area contributed by atoms with Gasteiger partial charge in [-0.3, -0.25) is 0 Å². The predicted octanol–water partition coefficient (Wildman–Crippen LogP) is 5.98. The number of ether oxygens (including phenoxy) is 1. The summed E-state index contributed by atoms with van der Waals surface area (Å²) in [4.78, 5) is 13.0. The van der Waals surface area contributed by atoms with Crippen molar-refractivity contribution in [1.29, 1.82) is 0 Å². The number of hydrogen-bond acceptors (Lipinski definition) is 5. The molecule has 27 heavy (non-hydrogen) atoms. The standard InChI is InChI=1S/C19H25F3N4O/c1-3-5-6-8-14(7-4-2)18-24-12-10-16(26-18)25-17-13-15(9-11-23-17)27-19(20,21)22/h9-14H,3-8H2,1-2H3,(H,23,24,25,26). The minimum Gasteiger partial charge on any atom is -0.406 e. The van der Waals surface area contributed by atoms with E-state index in [0.29, 0.717) is 5.82 Å². The maximum absolute atomic E-state index is 12.4. The van der Waals surface area contributed by atoms with Gasteiger partial charge in [-0.2, -0.15) is 0 Å². The van der Waals surface area contributed by atoms with Crippen LogP contribution in [0.3, 0.4) is 0 Å². The molecule has 0 bridgehead atoms. The third-order valence-electron chi connectivity index (χ3n) is 4.05. The molecule has 0 aromatic carbocycles. The van der Waals surface area contributed by atoms with Crippen LogP contribution in [-0.2, 0) is 0 Å². The highest BCUT2D eigenvalue weighted by Crippen LogP contribution is 2.27. The molecule has 2 aromatic rings. The lowest BCUT2D eigenvalue weighted by atomic mass is 9.95. The van der Waals surface area contributed by atoms with Crippen LogP contribution in [-0.4, -0.2) is 21.3 Å². The molecule has 1 N–H and O–H groups in total. The van der Waals surface area contributed by atoms with Crippen LogP contribution in [0.15, 0.2) is 30.6 Å². The summed E-state index contributed by atoms with van der Waals surface area (Å²) in [5, 5.41) is 2.93. The Bertz CT molecular complexity index is 709. The van der Waals surface area contributed by atoms with Crippen LogP contribution < -0.4 is 10.1 Å². The Morgan fingerprint density at radius 3 is 2.48 bits per heavy atom. The van der Waals surface area contributed by atoms with Crippen molar-refractivity contribution in [3.63, 3.8) is 0 Å². The Morgan fingerprint density at radius 2 is 1.78 bits per heavy atom. The van der Waals surface area contributed by atoms with Crippen molar-refractivity contribution >= 4 is 11.6 Å². The molecule has 2 aromatic heterocycles. The highest BCUT2D eigenvalue weighted by Gasteiger charge is 2.31. The summed E-state index contributed by atoms with van der Waals surface area (Å²) >= 11 is 0. The molecule has 148 valence electrons. The Balaban J connectivity index is 2.11. The van der Waals surface area contributed by atoms with Crippen molar-refractivity contribution in [2.24, 2.45) is 0 Å². The third-order valence-corrected chi connectivity index (χ3v) is 4.05. The maximum Gasteiger partial charge on any atom is 0.573 e. The molecule has 8 heteroatoms. The number of rotatable bonds is 10. The van der Waals surface area contributed by atoms with Gasteiger partial charge in [0.25, 0.3) is 0 Å². The Kier molecular flexibility index (Phi) is 7.82. The van der Waals surface area contributed by atoms with Crippen molar-refractivity contribution in [1.82, 2.24) is 15.0 Å². The molecule has 2 heterocycles. The number of hydrogen-bond donors (Lipinski definition) is 1. The second-order valence-corrected chi connectivity index (χ2v) is 6.33. The second kappa shape index (κ2) is 10.1. The average molecular weight is 382 g/mol. The molecule has 5 nitrogen and oxygen atoms in total. The van der Waals surface area contributed by atoms with Crippen LogP contribution in [0.2, 0.25) is 0 Å². The van der Waals surface area contributed by atoms with Crippen LogP contribution in [0.25, 0.3) is 0 Å². The van der Waals surface area contributed by atoms with Crippen molar-refractivity contribution in [3.05, 3.63) is 36.4 Å². The minimum atomic E-state index is -4.74. The fraction of sp³-hybridized carbons (Fsp3) is 0.526. The molecule has 0 spiro atoms. The summed E-state index contributed by atoms with van der Waals surface area (Å²) in [6, 6.07) is 3.99. The fourth-order valence-corrected chi connectivity index (χ4v) is 2.84. The zero-order valence-corrected chi connectivity index (χ0v) is 15.6. The second-order valence-electron chi connectivity index (χ2n) is 6.33. The molecule has 0 aliphatic carbocycles. The Hall–Kier alpha value is -2.38. The first-order valence-corrected chi connectivity index (χ1v) is 9.23. The molecule has 0 amide bonds. The number of unbranched alkanes of at least 4 members (excludes halogenated alkanes) is 2. The fourth-order valence-electron chi connectivity index (χ4n) is 2.84. The van der Waals surface area contributed by atoms with E-state index in [0.717, 1.165) is 44.0 Å². The lowest BCUT2D eigenvalue weighted by Crippen LogP contribution is -2.17. The molecule has 0 saturated carbocycles. The van der Waals surface area contributed by atoms with Gasteiger partial charge in [0.1, 0.15) is 23.2 Å². The van der Waals surface area contributed by atoms with E-state index in [1.54, 1.807) is 12.3 Å². The van der Waals surface area contributed by atoms with Gasteiger partial charge in [-0.1, -0.05) is 39.5 Å². The first-order valence-electron chi connectivity index (χ1n) is 9.23. The highest BCUT2D eigenvalue weighted by atomic mass is 19.4. The summed E-state index contributed by atoms with van der Waals surface area (Å²) in [7, 11) is 0. The van der Waals surface area contributed by atoms with Gasteiger partial charge in [0.15, 0.2) is 0 Å². The van der Waals surface area contributed by atoms with Gasteiger partial charge in [0.2, 0.25) is 0 Å². The van der Waals surface area contributed by atoms with E-state index in [4.69, 9.17) is 0 Å². The molecule has 0 aliphatic heterocycles. The van der Waals surface area contributed by atoms with E-state index < -0.39 is 6.36 Å². The van der Waals surface area contributed by atoms with E-state index in [2.05, 4.69) is 38.9 Å². The first kappa shape index (κ1) is 20.9. The maximum atomic E-state index is 12.4. The molecule has 1 atom stereocenters. The highest BCUT2D eigenvalue weighted by molar-refractivity contribution is 5.53. The third kappa shape index (κ3) is 7.40. The Labute approximate surface area is 157 Å². The zero-order chi connectivity index (χ0) is 19.7. The molecule has 0 aliphatic rings. The molecule has 0 radical (unpaired) electrons. The van der Waals surface area contributed by atoms with E-state index >= 15 is 0 Å². The molecule has 2 rings (SSSR count). The largest absolute Gasteiger partial charge is 0.573 e. The van der Waals surface area contributed by atoms with Crippen LogP contribution in [0, 0.1) is 0 Å². The average Bonchev–Trinajstić information content (AvgIpc) is 2.60. The van der Waals surface area contributed by atoms with Gasteiger partial charge in [0.05, 0.1) is 0 Å². The lowest BCUT2D eigenvalue weighted by Gasteiger charge is -2.15. The lowest BCUT2D eigenvalue weighted by molar-refractivity contribution is -0.274. The smallest absolute Gasteiger partial charge is 0.406 e. The van der Waals surface area contributed by atoms with Crippen molar-refractivity contribution in [3.8, 4) is 5.75 Å². The summed E-state index contributed by atoms with van der Waals surface area (Å²) in [6.45, 7) is 4.30. The SMILES string of the molecule is CCCCCC(CCC)c1nccc(Nc2cc(OC(F)(F)F)ccn2)n1. The number of aromatic nitrogens is 3. The number of pyridine rings is 1. The number of nitrogens with zero attached hydrogens (tertiary/aromatic N) is 3. The number of anilines is 2. The predicted molar refractivity (Wildman–Crippen MR) is 98.0 cm³/mol. The van der Waals surface area contributed by atoms with E-state index in [1.807, 2.05) is 0 Å². The minimum absolute atomic E-state index is 0.222. The number of alkyl halides is 3.